The number of nitrogens with zero attached hydrogens (tertiary/aromatic N) is 3. The summed E-state index contributed by atoms with van der Waals surface area (Å²) in [6, 6.07) is 14.7. The van der Waals surface area contributed by atoms with Crippen LogP contribution in [0.2, 0.25) is 0 Å². The molecule has 0 bridgehead atoms. The van der Waals surface area contributed by atoms with Crippen molar-refractivity contribution in [3.63, 3.8) is 0 Å². The molecule has 3 N–H and O–H groups in total. The number of carbonyl (C=O) groups is 1. The molecular weight excluding hydrogens is 409 g/mol. The zero-order valence-corrected chi connectivity index (χ0v) is 17.2. The fourth-order valence-corrected chi connectivity index (χ4v) is 3.63. The molecule has 1 aliphatic rings. The summed E-state index contributed by atoms with van der Waals surface area (Å²) in [5.41, 5.74) is 8.52. The molecule has 0 saturated heterocycles. The van der Waals surface area contributed by atoms with Gasteiger partial charge in [0.25, 0.3) is 0 Å². The molecule has 4 aromatic rings. The van der Waals surface area contributed by atoms with Crippen LogP contribution in [0.5, 0.6) is 11.6 Å². The summed E-state index contributed by atoms with van der Waals surface area (Å²) in [4.78, 5) is 24.9. The molecule has 7 nitrogen and oxygen atoms in total. The van der Waals surface area contributed by atoms with Crippen molar-refractivity contribution >= 4 is 28.3 Å². The van der Waals surface area contributed by atoms with Gasteiger partial charge in [0.15, 0.2) is 0 Å². The van der Waals surface area contributed by atoms with Gasteiger partial charge in [-0.05, 0) is 43.2 Å². The molecule has 32 heavy (non-hydrogen) atoms. The lowest BCUT2D eigenvalue weighted by atomic mass is 10.0. The number of benzene rings is 2. The number of fused-ring (bicyclic) bond motifs is 1. The van der Waals surface area contributed by atoms with Gasteiger partial charge in [-0.2, -0.15) is 0 Å². The predicted octanol–water partition coefficient (Wildman–Crippen LogP) is 4.67. The molecule has 160 valence electrons. The van der Waals surface area contributed by atoms with E-state index in [0.717, 1.165) is 16.3 Å². The van der Waals surface area contributed by atoms with Crippen LogP contribution >= 0.6 is 0 Å². The van der Waals surface area contributed by atoms with E-state index in [-0.39, 0.29) is 18.3 Å². The molecule has 2 aromatic heterocycles. The molecule has 0 unspecified atom stereocenters. The van der Waals surface area contributed by atoms with Crippen molar-refractivity contribution in [3.05, 3.63) is 66.5 Å². The van der Waals surface area contributed by atoms with Gasteiger partial charge in [-0.3, -0.25) is 4.79 Å². The van der Waals surface area contributed by atoms with Crippen LogP contribution in [-0.2, 0) is 4.79 Å². The Balaban J connectivity index is 1.55. The third-order valence-electron chi connectivity index (χ3n) is 5.44. The number of alkyl halides is 1. The van der Waals surface area contributed by atoms with Crippen LogP contribution in [-0.4, -0.2) is 27.0 Å². The second kappa shape index (κ2) is 7.88. The summed E-state index contributed by atoms with van der Waals surface area (Å²) >= 11 is 0. The van der Waals surface area contributed by atoms with E-state index in [9.17, 15) is 9.18 Å². The number of nitrogens with one attached hydrogen (secondary N) is 1. The van der Waals surface area contributed by atoms with Crippen LogP contribution in [0.4, 0.5) is 16.0 Å². The zero-order chi connectivity index (χ0) is 22.2. The van der Waals surface area contributed by atoms with Gasteiger partial charge in [-0.1, -0.05) is 24.3 Å². The lowest BCUT2D eigenvalue weighted by molar-refractivity contribution is -0.117. The maximum Gasteiger partial charge on any atom is 0.230 e. The van der Waals surface area contributed by atoms with Crippen molar-refractivity contribution in [2.45, 2.75) is 19.5 Å². The Hall–Kier alpha value is -4.07. The fourth-order valence-electron chi connectivity index (χ4n) is 3.63. The van der Waals surface area contributed by atoms with Crippen molar-refractivity contribution in [2.75, 3.05) is 11.1 Å². The minimum absolute atomic E-state index is 0.158. The number of nitrogen functional groups attached to an aromatic ring is 1. The highest BCUT2D eigenvalue weighted by atomic mass is 19.1. The van der Waals surface area contributed by atoms with Crippen molar-refractivity contribution in [2.24, 2.45) is 5.92 Å². The van der Waals surface area contributed by atoms with E-state index in [1.165, 1.54) is 0 Å². The summed E-state index contributed by atoms with van der Waals surface area (Å²) < 4.78 is 19.6. The maximum atomic E-state index is 13.3. The predicted molar refractivity (Wildman–Crippen MR) is 120 cm³/mol. The number of aromatic nitrogens is 3. The van der Waals surface area contributed by atoms with Crippen LogP contribution in [0, 0.1) is 12.8 Å². The monoisotopic (exact) mass is 429 g/mol. The Morgan fingerprint density at radius 2 is 1.94 bits per heavy atom. The molecule has 1 saturated carbocycles. The van der Waals surface area contributed by atoms with E-state index >= 15 is 0 Å². The van der Waals surface area contributed by atoms with Crippen LogP contribution in [0.25, 0.3) is 22.0 Å². The first kappa shape index (κ1) is 19.9. The Labute approximate surface area is 183 Å². The van der Waals surface area contributed by atoms with Crippen LogP contribution in [0.15, 0.2) is 60.9 Å². The summed E-state index contributed by atoms with van der Waals surface area (Å²) in [6.07, 6.45) is 2.44. The number of hydrogen-bond acceptors (Lipinski definition) is 6. The number of aryl methyl sites for hydroxylation is 1. The molecule has 0 spiro atoms. The molecule has 2 atom stereocenters. The summed E-state index contributed by atoms with van der Waals surface area (Å²) in [5.74, 6) is 0.263. The second-order valence-electron chi connectivity index (χ2n) is 7.72. The van der Waals surface area contributed by atoms with Gasteiger partial charge in [0.05, 0.1) is 17.2 Å². The van der Waals surface area contributed by atoms with Gasteiger partial charge < -0.3 is 15.8 Å². The fraction of sp³-hybridized carbons (Fsp3) is 0.167. The molecule has 0 radical (unpaired) electrons. The first-order chi connectivity index (χ1) is 15.5. The van der Waals surface area contributed by atoms with E-state index in [1.54, 1.807) is 30.6 Å². The number of anilines is 2. The number of halogens is 1. The largest absolute Gasteiger partial charge is 0.437 e. The molecule has 1 amide bonds. The van der Waals surface area contributed by atoms with E-state index in [0.29, 0.717) is 28.6 Å². The standard InChI is InChI=1S/C24H20FN5O2/c1-13-7-8-14-15(4-2-6-19(14)29-22(31)17-12-18(17)25)21(13)32-23-16(5-3-10-27-23)20-9-11-28-24(26)30-20/h2-11,17-18H,12H2,1H3,(H,29,31)(H2,26,28,30)/t17-,18-/m0/s1. The maximum absolute atomic E-state index is 13.3. The smallest absolute Gasteiger partial charge is 0.230 e. The number of rotatable bonds is 5. The van der Waals surface area contributed by atoms with E-state index in [1.807, 2.05) is 37.3 Å². The molecule has 8 heteroatoms. The highest BCUT2D eigenvalue weighted by molar-refractivity contribution is 6.05. The Bertz CT molecular complexity index is 1340. The summed E-state index contributed by atoms with van der Waals surface area (Å²) in [6.45, 7) is 1.93. The number of ether oxygens (including phenoxy) is 1. The van der Waals surface area contributed by atoms with Crippen LogP contribution in [0.3, 0.4) is 0 Å². The second-order valence-corrected chi connectivity index (χ2v) is 7.72. The van der Waals surface area contributed by atoms with E-state index < -0.39 is 12.1 Å². The molecule has 2 heterocycles. The number of hydrogen-bond donors (Lipinski definition) is 2. The number of nitrogens with two attached hydrogens (primary N) is 1. The van der Waals surface area contributed by atoms with Crippen LogP contribution in [0.1, 0.15) is 12.0 Å². The third-order valence-corrected chi connectivity index (χ3v) is 5.44. The number of amides is 1. The summed E-state index contributed by atoms with van der Waals surface area (Å²) in [5, 5.41) is 4.44. The minimum Gasteiger partial charge on any atom is -0.437 e. The minimum atomic E-state index is -1.05. The lowest BCUT2D eigenvalue weighted by Crippen LogP contribution is -2.15. The quantitative estimate of drug-likeness (QED) is 0.478. The Morgan fingerprint density at radius 1 is 1.09 bits per heavy atom. The topological polar surface area (TPSA) is 103 Å². The zero-order valence-electron chi connectivity index (χ0n) is 17.2. The first-order valence-corrected chi connectivity index (χ1v) is 10.2. The first-order valence-electron chi connectivity index (χ1n) is 10.2. The molecule has 0 aliphatic heterocycles. The van der Waals surface area contributed by atoms with Gasteiger partial charge in [0.2, 0.25) is 17.7 Å². The number of carbonyl (C=O) groups excluding carboxylic acids is 1. The van der Waals surface area contributed by atoms with Gasteiger partial charge in [0, 0.05) is 28.9 Å². The molecule has 2 aromatic carbocycles. The SMILES string of the molecule is Cc1ccc2c(NC(=O)[C@H]3C[C@@H]3F)cccc2c1Oc1ncccc1-c1ccnc(N)n1. The third kappa shape index (κ3) is 3.71. The average molecular weight is 429 g/mol. The number of pyridine rings is 1. The van der Waals surface area contributed by atoms with Crippen molar-refractivity contribution < 1.29 is 13.9 Å². The normalized spacial score (nSPS) is 17.2. The molecule has 5 rings (SSSR count). The van der Waals surface area contributed by atoms with Crippen molar-refractivity contribution in [1.82, 2.24) is 15.0 Å². The lowest BCUT2D eigenvalue weighted by Gasteiger charge is -2.16. The van der Waals surface area contributed by atoms with Gasteiger partial charge in [0.1, 0.15) is 11.9 Å². The average Bonchev–Trinajstić information content (AvgIpc) is 3.53. The Kier molecular flexibility index (Phi) is 4.89. The Morgan fingerprint density at radius 3 is 2.72 bits per heavy atom. The van der Waals surface area contributed by atoms with Gasteiger partial charge >= 0.3 is 0 Å². The van der Waals surface area contributed by atoms with E-state index in [4.69, 9.17) is 10.5 Å². The highest BCUT2D eigenvalue weighted by Gasteiger charge is 2.43. The highest BCUT2D eigenvalue weighted by Crippen LogP contribution is 2.39. The van der Waals surface area contributed by atoms with Crippen molar-refractivity contribution in [1.29, 1.82) is 0 Å². The van der Waals surface area contributed by atoms with Crippen LogP contribution < -0.4 is 15.8 Å². The van der Waals surface area contributed by atoms with Gasteiger partial charge in [-0.25, -0.2) is 19.3 Å². The molecule has 1 aliphatic carbocycles. The van der Waals surface area contributed by atoms with Crippen molar-refractivity contribution in [3.8, 4) is 22.9 Å². The van der Waals surface area contributed by atoms with E-state index in [2.05, 4.69) is 20.3 Å². The summed E-state index contributed by atoms with van der Waals surface area (Å²) in [7, 11) is 0. The molecule has 1 fully saturated rings. The molecular formula is C24H20FN5O2. The van der Waals surface area contributed by atoms with Gasteiger partial charge in [-0.15, -0.1) is 0 Å².